The molecule has 1 aromatic heterocycles. The van der Waals surface area contributed by atoms with Crippen molar-refractivity contribution in [2.24, 2.45) is 0 Å². The number of aryl methyl sites for hydroxylation is 1. The normalized spacial score (nSPS) is 12.6. The van der Waals surface area contributed by atoms with Crippen molar-refractivity contribution in [2.75, 3.05) is 6.54 Å². The second-order valence-corrected chi connectivity index (χ2v) is 5.43. The minimum absolute atomic E-state index is 0.124. The predicted molar refractivity (Wildman–Crippen MR) is 75.6 cm³/mol. The number of halogens is 1. The molecule has 0 aliphatic rings. The number of hydrogen-bond acceptors (Lipinski definition) is 2. The Morgan fingerprint density at radius 2 is 2.17 bits per heavy atom. The minimum atomic E-state index is -0.124. The van der Waals surface area contributed by atoms with E-state index in [4.69, 9.17) is 0 Å². The van der Waals surface area contributed by atoms with Crippen LogP contribution in [0.15, 0.2) is 35.7 Å². The molecule has 1 nitrogen and oxygen atoms in total. The molecule has 2 aromatic rings. The molecule has 96 valence electrons. The number of likely N-dealkylation sites (N-methyl/N-ethyl adjacent to an activating group) is 1. The van der Waals surface area contributed by atoms with E-state index >= 15 is 0 Å². The average molecular weight is 263 g/mol. The summed E-state index contributed by atoms with van der Waals surface area (Å²) >= 11 is 1.75. The third kappa shape index (κ3) is 3.18. The Hall–Kier alpha value is -1.19. The van der Waals surface area contributed by atoms with Crippen LogP contribution in [-0.2, 0) is 6.42 Å². The van der Waals surface area contributed by atoms with E-state index in [0.717, 1.165) is 18.5 Å². The molecule has 3 heteroatoms. The Labute approximate surface area is 112 Å². The maximum Gasteiger partial charge on any atom is 0.126 e. The molecule has 0 fully saturated rings. The Bertz CT molecular complexity index is 493. The monoisotopic (exact) mass is 263 g/mol. The fourth-order valence-corrected chi connectivity index (χ4v) is 2.76. The van der Waals surface area contributed by atoms with Crippen molar-refractivity contribution in [1.82, 2.24) is 5.32 Å². The fraction of sp³-hybridized carbons (Fsp3) is 0.333. The molecule has 0 radical (unpaired) electrons. The lowest BCUT2D eigenvalue weighted by atomic mass is 10.0. The zero-order chi connectivity index (χ0) is 13.0. The van der Waals surface area contributed by atoms with E-state index in [0.29, 0.717) is 5.56 Å². The zero-order valence-electron chi connectivity index (χ0n) is 10.7. The van der Waals surface area contributed by atoms with E-state index in [2.05, 4.69) is 29.8 Å². The van der Waals surface area contributed by atoms with Gasteiger partial charge in [0.2, 0.25) is 0 Å². The number of nitrogens with one attached hydrogen (secondary N) is 1. The summed E-state index contributed by atoms with van der Waals surface area (Å²) < 4.78 is 13.6. The molecule has 0 saturated heterocycles. The molecule has 1 aromatic carbocycles. The first-order valence-corrected chi connectivity index (χ1v) is 7.10. The van der Waals surface area contributed by atoms with Gasteiger partial charge in [-0.05, 0) is 42.1 Å². The summed E-state index contributed by atoms with van der Waals surface area (Å²) in [5.74, 6) is -0.124. The Kier molecular flexibility index (Phi) is 4.50. The molecule has 0 spiro atoms. The lowest BCUT2D eigenvalue weighted by Gasteiger charge is -2.18. The summed E-state index contributed by atoms with van der Waals surface area (Å²) in [6.07, 6.45) is 0.911. The van der Waals surface area contributed by atoms with Gasteiger partial charge in [-0.15, -0.1) is 11.3 Å². The highest BCUT2D eigenvalue weighted by Gasteiger charge is 2.13. The molecule has 1 heterocycles. The van der Waals surface area contributed by atoms with Gasteiger partial charge >= 0.3 is 0 Å². The van der Waals surface area contributed by atoms with Crippen molar-refractivity contribution in [3.05, 3.63) is 57.5 Å². The molecule has 0 saturated carbocycles. The van der Waals surface area contributed by atoms with Crippen molar-refractivity contribution in [3.8, 4) is 0 Å². The lowest BCUT2D eigenvalue weighted by molar-refractivity contribution is 0.544. The average Bonchev–Trinajstić information content (AvgIpc) is 2.85. The van der Waals surface area contributed by atoms with Gasteiger partial charge in [0, 0.05) is 17.3 Å². The largest absolute Gasteiger partial charge is 0.310 e. The summed E-state index contributed by atoms with van der Waals surface area (Å²) in [4.78, 5) is 1.32. The van der Waals surface area contributed by atoms with Crippen LogP contribution in [0.25, 0.3) is 0 Å². The first-order valence-electron chi connectivity index (χ1n) is 6.22. The molecule has 1 unspecified atom stereocenters. The summed E-state index contributed by atoms with van der Waals surface area (Å²) in [6.45, 7) is 4.75. The highest BCUT2D eigenvalue weighted by Crippen LogP contribution is 2.22. The molecule has 18 heavy (non-hydrogen) atoms. The number of thiophene rings is 1. The second-order valence-electron chi connectivity index (χ2n) is 4.40. The maximum atomic E-state index is 13.6. The van der Waals surface area contributed by atoms with Crippen LogP contribution in [0.5, 0.6) is 0 Å². The summed E-state index contributed by atoms with van der Waals surface area (Å²) in [6, 6.07) is 9.88. The maximum absolute atomic E-state index is 13.6. The fourth-order valence-electron chi connectivity index (χ4n) is 2.01. The number of benzene rings is 1. The van der Waals surface area contributed by atoms with E-state index in [1.54, 1.807) is 24.3 Å². The van der Waals surface area contributed by atoms with Gasteiger partial charge < -0.3 is 5.32 Å². The van der Waals surface area contributed by atoms with Gasteiger partial charge in [-0.3, -0.25) is 0 Å². The second kappa shape index (κ2) is 6.12. The standard InChI is InChI=1S/C15H18FNS/c1-3-17-15(10-13-5-4-8-18-13)12-7-6-11(2)14(16)9-12/h4-9,15,17H,3,10H2,1-2H3. The highest BCUT2D eigenvalue weighted by molar-refractivity contribution is 7.09. The van der Waals surface area contributed by atoms with Crippen LogP contribution in [-0.4, -0.2) is 6.54 Å². The van der Waals surface area contributed by atoms with Crippen molar-refractivity contribution in [1.29, 1.82) is 0 Å². The van der Waals surface area contributed by atoms with Gasteiger partial charge in [0.15, 0.2) is 0 Å². The molecule has 1 N–H and O–H groups in total. The first kappa shape index (κ1) is 13.2. The predicted octanol–water partition coefficient (Wildman–Crippen LogP) is 4.09. The quantitative estimate of drug-likeness (QED) is 0.856. The van der Waals surface area contributed by atoms with E-state index < -0.39 is 0 Å². The van der Waals surface area contributed by atoms with Gasteiger partial charge in [-0.25, -0.2) is 4.39 Å². The number of rotatable bonds is 5. The van der Waals surface area contributed by atoms with Crippen LogP contribution in [0.3, 0.4) is 0 Å². The van der Waals surface area contributed by atoms with Crippen LogP contribution < -0.4 is 5.32 Å². The third-order valence-corrected chi connectivity index (χ3v) is 3.93. The van der Waals surface area contributed by atoms with E-state index in [1.807, 2.05) is 12.1 Å². The topological polar surface area (TPSA) is 12.0 Å². The summed E-state index contributed by atoms with van der Waals surface area (Å²) in [5, 5.41) is 5.50. The van der Waals surface area contributed by atoms with E-state index in [9.17, 15) is 4.39 Å². The number of hydrogen-bond donors (Lipinski definition) is 1. The third-order valence-electron chi connectivity index (χ3n) is 3.03. The SMILES string of the molecule is CCNC(Cc1cccs1)c1ccc(C)c(F)c1. The molecule has 0 aliphatic heterocycles. The molecule has 0 bridgehead atoms. The van der Waals surface area contributed by atoms with Crippen LogP contribution in [0.1, 0.15) is 29.0 Å². The Morgan fingerprint density at radius 1 is 1.33 bits per heavy atom. The van der Waals surface area contributed by atoms with Crippen molar-refractivity contribution in [3.63, 3.8) is 0 Å². The Morgan fingerprint density at radius 3 is 2.78 bits per heavy atom. The van der Waals surface area contributed by atoms with Crippen LogP contribution in [0, 0.1) is 12.7 Å². The van der Waals surface area contributed by atoms with E-state index in [1.165, 1.54) is 4.88 Å². The van der Waals surface area contributed by atoms with Crippen molar-refractivity contribution < 1.29 is 4.39 Å². The molecule has 2 rings (SSSR count). The van der Waals surface area contributed by atoms with Crippen LogP contribution in [0.2, 0.25) is 0 Å². The van der Waals surface area contributed by atoms with Gasteiger partial charge in [0.1, 0.15) is 5.82 Å². The zero-order valence-corrected chi connectivity index (χ0v) is 11.6. The molecular weight excluding hydrogens is 245 g/mol. The first-order chi connectivity index (χ1) is 8.70. The lowest BCUT2D eigenvalue weighted by Crippen LogP contribution is -2.22. The molecule has 0 amide bonds. The van der Waals surface area contributed by atoms with Crippen molar-refractivity contribution in [2.45, 2.75) is 26.3 Å². The van der Waals surface area contributed by atoms with Crippen LogP contribution >= 0.6 is 11.3 Å². The van der Waals surface area contributed by atoms with Gasteiger partial charge in [-0.1, -0.05) is 25.1 Å². The van der Waals surface area contributed by atoms with E-state index in [-0.39, 0.29) is 11.9 Å². The molecule has 1 atom stereocenters. The minimum Gasteiger partial charge on any atom is -0.310 e. The highest BCUT2D eigenvalue weighted by atomic mass is 32.1. The van der Waals surface area contributed by atoms with Gasteiger partial charge in [-0.2, -0.15) is 0 Å². The smallest absolute Gasteiger partial charge is 0.126 e. The summed E-state index contributed by atoms with van der Waals surface area (Å²) in [5.41, 5.74) is 1.72. The summed E-state index contributed by atoms with van der Waals surface area (Å²) in [7, 11) is 0. The Balaban J connectivity index is 2.20. The molecular formula is C15H18FNS. The van der Waals surface area contributed by atoms with Crippen molar-refractivity contribution >= 4 is 11.3 Å². The van der Waals surface area contributed by atoms with Gasteiger partial charge in [0.25, 0.3) is 0 Å². The molecule has 0 aliphatic carbocycles. The van der Waals surface area contributed by atoms with Crippen LogP contribution in [0.4, 0.5) is 4.39 Å². The van der Waals surface area contributed by atoms with Gasteiger partial charge in [0.05, 0.1) is 0 Å².